The lowest BCUT2D eigenvalue weighted by molar-refractivity contribution is 0.0721. The van der Waals surface area contributed by atoms with Gasteiger partial charge in [-0.3, -0.25) is 9.69 Å². The van der Waals surface area contributed by atoms with Crippen LogP contribution in [0.2, 0.25) is 0 Å². The zero-order chi connectivity index (χ0) is 29.9. The van der Waals surface area contributed by atoms with Gasteiger partial charge in [-0.25, -0.2) is 9.97 Å². The molecule has 43 heavy (non-hydrogen) atoms. The third-order valence-corrected chi connectivity index (χ3v) is 8.61. The van der Waals surface area contributed by atoms with Crippen LogP contribution in [0.25, 0.3) is 0 Å². The maximum Gasteiger partial charge on any atom is 0.254 e. The number of hydrogen-bond donors (Lipinski definition) is 2. The predicted molar refractivity (Wildman–Crippen MR) is 171 cm³/mol. The van der Waals surface area contributed by atoms with Crippen molar-refractivity contribution in [3.8, 4) is 0 Å². The van der Waals surface area contributed by atoms with Gasteiger partial charge in [-0.05, 0) is 74.9 Å². The van der Waals surface area contributed by atoms with Gasteiger partial charge in [0.15, 0.2) is 0 Å². The second-order valence-electron chi connectivity index (χ2n) is 11.8. The molecule has 5 rings (SSSR count). The molecule has 2 aromatic heterocycles. The summed E-state index contributed by atoms with van der Waals surface area (Å²) in [7, 11) is 0. The minimum absolute atomic E-state index is 0.0393. The summed E-state index contributed by atoms with van der Waals surface area (Å²) in [5, 5.41) is 0. The van der Waals surface area contributed by atoms with E-state index < -0.39 is 0 Å². The number of hydrogen-bond acceptors (Lipinski definition) is 5. The number of aromatic amines is 2. The quantitative estimate of drug-likeness (QED) is 0.170. The first-order chi connectivity index (χ1) is 21.1. The molecule has 8 nitrogen and oxygen atoms in total. The van der Waals surface area contributed by atoms with Gasteiger partial charge in [0, 0.05) is 55.5 Å². The molecule has 2 N–H and O–H groups in total. The van der Waals surface area contributed by atoms with E-state index in [2.05, 4.69) is 86.0 Å². The number of nitrogens with zero attached hydrogens (tertiary/aromatic N) is 5. The number of aromatic nitrogens is 4. The van der Waals surface area contributed by atoms with Crippen molar-refractivity contribution in [2.45, 2.75) is 90.6 Å². The molecule has 228 valence electrons. The van der Waals surface area contributed by atoms with Crippen molar-refractivity contribution in [2.24, 2.45) is 0 Å². The molecule has 0 saturated heterocycles. The number of nitrogens with one attached hydrogen (secondary N) is 2. The third-order valence-electron chi connectivity index (χ3n) is 8.61. The molecule has 0 bridgehead atoms. The van der Waals surface area contributed by atoms with Crippen LogP contribution < -0.4 is 0 Å². The third kappa shape index (κ3) is 8.65. The van der Waals surface area contributed by atoms with Gasteiger partial charge in [-0.1, -0.05) is 56.3 Å². The van der Waals surface area contributed by atoms with Gasteiger partial charge in [0.05, 0.1) is 13.1 Å². The van der Waals surface area contributed by atoms with Crippen LogP contribution in [0.3, 0.4) is 0 Å². The van der Waals surface area contributed by atoms with E-state index in [4.69, 9.17) is 0 Å². The first kappa shape index (κ1) is 30.7. The van der Waals surface area contributed by atoms with Crippen molar-refractivity contribution in [3.05, 3.63) is 108 Å². The molecule has 0 aliphatic heterocycles. The summed E-state index contributed by atoms with van der Waals surface area (Å²) in [4.78, 5) is 35.7. The first-order valence-electron chi connectivity index (χ1n) is 16.0. The van der Waals surface area contributed by atoms with Gasteiger partial charge in [-0.15, -0.1) is 0 Å². The fraction of sp³-hybridized carbons (Fsp3) is 0.457. The van der Waals surface area contributed by atoms with Crippen LogP contribution in [-0.2, 0) is 26.2 Å². The summed E-state index contributed by atoms with van der Waals surface area (Å²) in [6, 6.07) is 20.3. The van der Waals surface area contributed by atoms with Gasteiger partial charge in [0.1, 0.15) is 11.6 Å². The number of benzene rings is 2. The molecule has 1 saturated carbocycles. The summed E-state index contributed by atoms with van der Waals surface area (Å²) in [6.45, 7) is 9.59. The molecule has 0 spiro atoms. The smallest absolute Gasteiger partial charge is 0.254 e. The second-order valence-corrected chi connectivity index (χ2v) is 11.8. The average molecular weight is 582 g/mol. The van der Waals surface area contributed by atoms with Crippen molar-refractivity contribution in [3.63, 3.8) is 0 Å². The van der Waals surface area contributed by atoms with Crippen LogP contribution in [0.1, 0.15) is 85.5 Å². The van der Waals surface area contributed by atoms with Gasteiger partial charge in [0.25, 0.3) is 5.91 Å². The van der Waals surface area contributed by atoms with Crippen LogP contribution in [0.5, 0.6) is 0 Å². The summed E-state index contributed by atoms with van der Waals surface area (Å²) in [5.41, 5.74) is 3.25. The molecule has 2 aromatic carbocycles. The Bertz CT molecular complexity index is 1290. The van der Waals surface area contributed by atoms with Crippen molar-refractivity contribution >= 4 is 5.91 Å². The monoisotopic (exact) mass is 581 g/mol. The van der Waals surface area contributed by atoms with Crippen molar-refractivity contribution in [1.82, 2.24) is 34.6 Å². The van der Waals surface area contributed by atoms with E-state index in [0.29, 0.717) is 30.7 Å². The maximum atomic E-state index is 13.6. The highest BCUT2D eigenvalue weighted by Gasteiger charge is 2.29. The highest BCUT2D eigenvalue weighted by atomic mass is 16.2. The number of carbonyl (C=O) groups excluding carboxylic acids is 1. The largest absolute Gasteiger partial charge is 0.347 e. The van der Waals surface area contributed by atoms with Crippen LogP contribution >= 0.6 is 0 Å². The predicted octanol–water partition coefficient (Wildman–Crippen LogP) is 6.41. The Balaban J connectivity index is 1.27. The zero-order valence-corrected chi connectivity index (χ0v) is 25.8. The number of amides is 1. The Kier molecular flexibility index (Phi) is 11.2. The second kappa shape index (κ2) is 15.6. The minimum atomic E-state index is -0.0393. The normalized spacial score (nSPS) is 17.0. The first-order valence-corrected chi connectivity index (χ1v) is 16.0. The van der Waals surface area contributed by atoms with Crippen LogP contribution in [0.4, 0.5) is 0 Å². The van der Waals surface area contributed by atoms with E-state index in [1.54, 1.807) is 29.7 Å². The van der Waals surface area contributed by atoms with Gasteiger partial charge in [0.2, 0.25) is 0 Å². The highest BCUT2D eigenvalue weighted by molar-refractivity contribution is 5.94. The van der Waals surface area contributed by atoms with Gasteiger partial charge < -0.3 is 19.8 Å². The lowest BCUT2D eigenvalue weighted by Gasteiger charge is -2.41. The Morgan fingerprint density at radius 3 is 1.70 bits per heavy atom. The number of carbonyl (C=O) groups is 1. The average Bonchev–Trinajstić information content (AvgIpc) is 3.76. The van der Waals surface area contributed by atoms with Crippen molar-refractivity contribution < 1.29 is 4.79 Å². The highest BCUT2D eigenvalue weighted by Crippen LogP contribution is 2.29. The summed E-state index contributed by atoms with van der Waals surface area (Å²) in [5.74, 6) is 1.45. The van der Waals surface area contributed by atoms with Gasteiger partial charge >= 0.3 is 0 Å². The van der Waals surface area contributed by atoms with Crippen molar-refractivity contribution in [2.75, 3.05) is 13.1 Å². The molecule has 1 amide bonds. The van der Waals surface area contributed by atoms with E-state index in [1.807, 2.05) is 12.1 Å². The fourth-order valence-electron chi connectivity index (χ4n) is 6.47. The lowest BCUT2D eigenvalue weighted by atomic mass is 9.88. The van der Waals surface area contributed by atoms with Crippen LogP contribution in [-0.4, -0.2) is 65.7 Å². The lowest BCUT2D eigenvalue weighted by Crippen LogP contribution is -2.44. The SMILES string of the molecule is CCCN(CCC)C1CCC(N(Cc2ccccc2)Cc2ccc(C(=O)N(Cc3ncc[nH]3)Cc3ncc[nH]3)cc2)CC1. The molecule has 8 heteroatoms. The number of imidazole rings is 2. The number of rotatable bonds is 15. The fourth-order valence-corrected chi connectivity index (χ4v) is 6.47. The summed E-state index contributed by atoms with van der Waals surface area (Å²) >= 11 is 0. The Morgan fingerprint density at radius 2 is 1.21 bits per heavy atom. The molecule has 0 atom stereocenters. The topological polar surface area (TPSA) is 84.2 Å². The molecule has 0 unspecified atom stereocenters. The van der Waals surface area contributed by atoms with E-state index in [-0.39, 0.29) is 5.91 Å². The maximum absolute atomic E-state index is 13.6. The van der Waals surface area contributed by atoms with Crippen LogP contribution in [0, 0.1) is 0 Å². The van der Waals surface area contributed by atoms with E-state index in [9.17, 15) is 4.79 Å². The molecule has 1 fully saturated rings. The van der Waals surface area contributed by atoms with E-state index in [1.165, 1.54) is 62.7 Å². The Morgan fingerprint density at radius 1 is 0.698 bits per heavy atom. The Hall–Kier alpha value is -3.75. The molecular weight excluding hydrogens is 534 g/mol. The van der Waals surface area contributed by atoms with Crippen LogP contribution in [0.15, 0.2) is 79.4 Å². The minimum Gasteiger partial charge on any atom is -0.347 e. The summed E-state index contributed by atoms with van der Waals surface area (Å²) < 4.78 is 0. The standard InChI is InChI=1S/C35H47N7O/c1-3-22-40(23-4-2)31-14-16-32(17-15-31)41(24-28-8-6-5-7-9-28)25-29-10-12-30(13-11-29)35(43)42(26-33-36-18-19-37-33)27-34-38-20-21-39-34/h5-13,18-21,31-32H,3-4,14-17,22-27H2,1-2H3,(H,36,37)(H,38,39). The summed E-state index contributed by atoms with van der Waals surface area (Å²) in [6.07, 6.45) is 14.4. The number of H-pyrrole nitrogens is 2. The zero-order valence-electron chi connectivity index (χ0n) is 25.8. The van der Waals surface area contributed by atoms with Crippen molar-refractivity contribution in [1.29, 1.82) is 0 Å². The van der Waals surface area contributed by atoms with Gasteiger partial charge in [-0.2, -0.15) is 0 Å². The molecule has 1 aliphatic carbocycles. The molecule has 4 aromatic rings. The molecular formula is C35H47N7O. The van der Waals surface area contributed by atoms with E-state index >= 15 is 0 Å². The molecule has 0 radical (unpaired) electrons. The molecule has 1 aliphatic rings. The molecule has 2 heterocycles. The Labute approximate surface area is 256 Å². The van der Waals surface area contributed by atoms with E-state index in [0.717, 1.165) is 24.7 Å².